The number of carbonyl (C=O) groups is 1. The molecule has 0 aliphatic heterocycles. The first-order chi connectivity index (χ1) is 8.32. The van der Waals surface area contributed by atoms with Crippen molar-refractivity contribution in [2.75, 3.05) is 6.54 Å². The third-order valence-electron chi connectivity index (χ3n) is 2.89. The van der Waals surface area contributed by atoms with Crippen LogP contribution >= 0.6 is 11.6 Å². The molecule has 1 rings (SSSR count). The number of hydrogen-bond donors (Lipinski definition) is 1. The van der Waals surface area contributed by atoms with Gasteiger partial charge in [-0.25, -0.2) is 4.39 Å². The van der Waals surface area contributed by atoms with Crippen molar-refractivity contribution in [3.63, 3.8) is 0 Å². The van der Waals surface area contributed by atoms with Crippen LogP contribution in [0.15, 0.2) is 18.2 Å². The molecular weight excluding hydrogens is 257 g/mol. The normalized spacial score (nSPS) is 13.1. The first-order valence-corrected chi connectivity index (χ1v) is 6.13. The van der Waals surface area contributed by atoms with E-state index in [-0.39, 0.29) is 18.6 Å². The van der Waals surface area contributed by atoms with E-state index in [1.165, 1.54) is 12.1 Å². The summed E-state index contributed by atoms with van der Waals surface area (Å²) in [6.07, 6.45) is 0. The minimum absolute atomic E-state index is 0.0530. The van der Waals surface area contributed by atoms with Crippen LogP contribution in [0.1, 0.15) is 32.4 Å². The molecule has 3 nitrogen and oxygen atoms in total. The zero-order valence-electron chi connectivity index (χ0n) is 10.7. The van der Waals surface area contributed by atoms with Crippen LogP contribution in [0.5, 0.6) is 0 Å². The van der Waals surface area contributed by atoms with Gasteiger partial charge in [0.15, 0.2) is 0 Å². The molecule has 0 bridgehead atoms. The van der Waals surface area contributed by atoms with Gasteiger partial charge in [-0.15, -0.1) is 0 Å². The van der Waals surface area contributed by atoms with E-state index in [1.54, 1.807) is 11.0 Å². The van der Waals surface area contributed by atoms with E-state index in [4.69, 9.17) is 16.7 Å². The van der Waals surface area contributed by atoms with Gasteiger partial charge in [-0.1, -0.05) is 17.7 Å². The van der Waals surface area contributed by atoms with E-state index >= 15 is 0 Å². The van der Waals surface area contributed by atoms with Crippen molar-refractivity contribution in [2.45, 2.75) is 32.9 Å². The number of hydrogen-bond acceptors (Lipinski definition) is 2. The summed E-state index contributed by atoms with van der Waals surface area (Å²) in [6, 6.07) is 4.04. The highest BCUT2D eigenvalue weighted by Gasteiger charge is 2.22. The minimum Gasteiger partial charge on any atom is -0.480 e. The molecule has 0 spiro atoms. The molecule has 0 aliphatic carbocycles. The topological polar surface area (TPSA) is 40.5 Å². The van der Waals surface area contributed by atoms with Crippen molar-refractivity contribution in [3.05, 3.63) is 34.6 Å². The molecule has 1 unspecified atom stereocenters. The second kappa shape index (κ2) is 6.16. The fraction of sp³-hybridized carbons (Fsp3) is 0.462. The Hall–Kier alpha value is -1.13. The number of benzene rings is 1. The van der Waals surface area contributed by atoms with Crippen LogP contribution in [0.25, 0.3) is 0 Å². The van der Waals surface area contributed by atoms with Crippen molar-refractivity contribution >= 4 is 17.6 Å². The third-order valence-corrected chi connectivity index (χ3v) is 3.22. The smallest absolute Gasteiger partial charge is 0.317 e. The van der Waals surface area contributed by atoms with Crippen LogP contribution in [0.4, 0.5) is 4.39 Å². The van der Waals surface area contributed by atoms with E-state index in [9.17, 15) is 9.18 Å². The maximum Gasteiger partial charge on any atom is 0.317 e. The molecule has 1 aromatic rings. The first kappa shape index (κ1) is 14.9. The Morgan fingerprint density at radius 2 is 2.06 bits per heavy atom. The molecule has 0 aromatic heterocycles. The molecule has 0 saturated carbocycles. The van der Waals surface area contributed by atoms with Gasteiger partial charge in [-0.3, -0.25) is 9.69 Å². The summed E-state index contributed by atoms with van der Waals surface area (Å²) in [6.45, 7) is 5.61. The van der Waals surface area contributed by atoms with Crippen LogP contribution in [0, 0.1) is 5.82 Å². The molecule has 0 amide bonds. The van der Waals surface area contributed by atoms with Crippen LogP contribution < -0.4 is 0 Å². The number of rotatable bonds is 5. The molecule has 0 fully saturated rings. The Labute approximate surface area is 111 Å². The lowest BCUT2D eigenvalue weighted by Crippen LogP contribution is -2.37. The predicted octanol–water partition coefficient (Wildman–Crippen LogP) is 3.34. The molecule has 0 heterocycles. The summed E-state index contributed by atoms with van der Waals surface area (Å²) in [4.78, 5) is 12.6. The monoisotopic (exact) mass is 273 g/mol. The van der Waals surface area contributed by atoms with Gasteiger partial charge in [0.2, 0.25) is 0 Å². The Morgan fingerprint density at radius 1 is 1.44 bits per heavy atom. The Morgan fingerprint density at radius 3 is 2.50 bits per heavy atom. The Bertz CT molecular complexity index is 437. The quantitative estimate of drug-likeness (QED) is 0.894. The van der Waals surface area contributed by atoms with Gasteiger partial charge in [-0.05, 0) is 38.5 Å². The zero-order chi connectivity index (χ0) is 13.9. The molecule has 1 N–H and O–H groups in total. The molecule has 0 radical (unpaired) electrons. The van der Waals surface area contributed by atoms with E-state index in [1.807, 2.05) is 20.8 Å². The van der Waals surface area contributed by atoms with Crippen molar-refractivity contribution in [1.82, 2.24) is 4.90 Å². The lowest BCUT2D eigenvalue weighted by Gasteiger charge is -2.31. The maximum absolute atomic E-state index is 13.0. The average molecular weight is 274 g/mol. The van der Waals surface area contributed by atoms with Gasteiger partial charge in [0, 0.05) is 17.1 Å². The van der Waals surface area contributed by atoms with Gasteiger partial charge in [0.25, 0.3) is 0 Å². The van der Waals surface area contributed by atoms with Crippen LogP contribution in [0.2, 0.25) is 5.02 Å². The highest BCUT2D eigenvalue weighted by Crippen LogP contribution is 2.29. The van der Waals surface area contributed by atoms with Gasteiger partial charge >= 0.3 is 5.97 Å². The Balaban J connectivity index is 3.01. The summed E-state index contributed by atoms with van der Waals surface area (Å²) in [5, 5.41) is 9.23. The fourth-order valence-electron chi connectivity index (χ4n) is 1.94. The molecule has 18 heavy (non-hydrogen) atoms. The van der Waals surface area contributed by atoms with Crippen LogP contribution in [0.3, 0.4) is 0 Å². The molecule has 0 saturated heterocycles. The number of nitrogens with zero attached hydrogens (tertiary/aromatic N) is 1. The molecule has 5 heteroatoms. The highest BCUT2D eigenvalue weighted by atomic mass is 35.5. The summed E-state index contributed by atoms with van der Waals surface area (Å²) < 4.78 is 13.0. The largest absolute Gasteiger partial charge is 0.480 e. The number of carboxylic acids is 1. The average Bonchev–Trinajstić information content (AvgIpc) is 2.24. The van der Waals surface area contributed by atoms with Crippen molar-refractivity contribution < 1.29 is 14.3 Å². The summed E-state index contributed by atoms with van der Waals surface area (Å²) in [7, 11) is 0. The lowest BCUT2D eigenvalue weighted by molar-refractivity contribution is -0.139. The Kier molecular flexibility index (Phi) is 5.11. The number of halogens is 2. The maximum atomic E-state index is 13.0. The summed E-state index contributed by atoms with van der Waals surface area (Å²) in [5.74, 6) is -1.29. The third kappa shape index (κ3) is 3.68. The number of carboxylic acid groups (broad SMARTS) is 1. The predicted molar refractivity (Wildman–Crippen MR) is 69.3 cm³/mol. The summed E-state index contributed by atoms with van der Waals surface area (Å²) in [5.41, 5.74) is 0.730. The van der Waals surface area contributed by atoms with Crippen molar-refractivity contribution in [2.24, 2.45) is 0 Å². The second-order valence-corrected chi connectivity index (χ2v) is 4.91. The van der Waals surface area contributed by atoms with Gasteiger partial charge < -0.3 is 5.11 Å². The summed E-state index contributed by atoms with van der Waals surface area (Å²) >= 11 is 6.00. The van der Waals surface area contributed by atoms with Crippen molar-refractivity contribution in [1.29, 1.82) is 0 Å². The molecule has 100 valence electrons. The minimum atomic E-state index is -0.895. The standard InChI is InChI=1S/C13H17ClFNO2/c1-8(2)16(7-13(17)18)9(3)11-5-4-10(15)6-12(11)14/h4-6,8-9H,7H2,1-3H3,(H,17,18). The van der Waals surface area contributed by atoms with Crippen molar-refractivity contribution in [3.8, 4) is 0 Å². The lowest BCUT2D eigenvalue weighted by atomic mass is 10.1. The molecule has 0 aliphatic rings. The highest BCUT2D eigenvalue weighted by molar-refractivity contribution is 6.31. The molecule has 1 atom stereocenters. The van der Waals surface area contributed by atoms with E-state index < -0.39 is 11.8 Å². The first-order valence-electron chi connectivity index (χ1n) is 5.75. The van der Waals surface area contributed by atoms with E-state index in [0.717, 1.165) is 5.56 Å². The van der Waals surface area contributed by atoms with E-state index in [0.29, 0.717) is 5.02 Å². The van der Waals surface area contributed by atoms with E-state index in [2.05, 4.69) is 0 Å². The van der Waals surface area contributed by atoms with Crippen LogP contribution in [-0.2, 0) is 4.79 Å². The van der Waals surface area contributed by atoms with Gasteiger partial charge in [0.1, 0.15) is 5.82 Å². The number of aliphatic carboxylic acids is 1. The fourth-order valence-corrected chi connectivity index (χ4v) is 2.27. The van der Waals surface area contributed by atoms with Gasteiger partial charge in [-0.2, -0.15) is 0 Å². The molecule has 1 aromatic carbocycles. The zero-order valence-corrected chi connectivity index (χ0v) is 11.4. The SMILES string of the molecule is CC(C)N(CC(=O)O)C(C)c1ccc(F)cc1Cl. The second-order valence-electron chi connectivity index (χ2n) is 4.50. The molecular formula is C13H17ClFNO2. The van der Waals surface area contributed by atoms with Crippen LogP contribution in [-0.4, -0.2) is 28.6 Å². The van der Waals surface area contributed by atoms with Gasteiger partial charge in [0.05, 0.1) is 6.54 Å².